The van der Waals surface area contributed by atoms with Crippen molar-refractivity contribution in [1.29, 1.82) is 0 Å². The van der Waals surface area contributed by atoms with Gasteiger partial charge in [-0.3, -0.25) is 19.2 Å². The first-order chi connectivity index (χ1) is 32.1. The standard InChI is InChI=1S/C38H65N5O25/c1-10(49)40-20-29(58)30(18(9-48)60-34(20)59)65-36-22(42-12(3)51)32(26(55)16(7-46)62-36)67-38-23(43-13(4)52)33(27(56)17(8-47)64-38)68-37-21(41-11(2)50)31(25(54)15(6-45)63-37)66-35-19(39)28(57)24(53)14(5-44)61-35/h14-38,44-48,53-59H,5-9,39H2,1-4H3,(H,40,49)(H,41,50)(H,42,51)(H,43,52)/t14-,15-,16-,17-,18-,19-,20-,21-,22-,23-,24-,25-,26-,27-,28-,29-,30-,31-,32-,33-,34-,35+,36+,37+,38+/m1/s1. The van der Waals surface area contributed by atoms with E-state index in [0.717, 1.165) is 27.7 Å². The maximum absolute atomic E-state index is 12.9. The monoisotopic (exact) mass is 991 g/mol. The van der Waals surface area contributed by atoms with Gasteiger partial charge in [-0.1, -0.05) is 0 Å². The van der Waals surface area contributed by atoms with E-state index < -0.39 is 210 Å². The molecule has 68 heavy (non-hydrogen) atoms. The van der Waals surface area contributed by atoms with Crippen LogP contribution in [0.2, 0.25) is 0 Å². The molecule has 5 fully saturated rings. The van der Waals surface area contributed by atoms with Gasteiger partial charge in [-0.2, -0.15) is 0 Å². The van der Waals surface area contributed by atoms with Gasteiger partial charge >= 0.3 is 0 Å². The van der Waals surface area contributed by atoms with Gasteiger partial charge in [0.15, 0.2) is 31.5 Å². The van der Waals surface area contributed by atoms with Crippen LogP contribution in [-0.4, -0.2) is 271 Å². The lowest BCUT2D eigenvalue weighted by Crippen LogP contribution is -2.72. The van der Waals surface area contributed by atoms with Gasteiger partial charge < -0.3 is 131 Å². The Morgan fingerprint density at radius 3 is 1.03 bits per heavy atom. The predicted octanol–water partition coefficient (Wildman–Crippen LogP) is -11.4. The van der Waals surface area contributed by atoms with E-state index in [-0.39, 0.29) is 0 Å². The van der Waals surface area contributed by atoms with Gasteiger partial charge in [0.05, 0.1) is 39.1 Å². The lowest BCUT2D eigenvalue weighted by molar-refractivity contribution is -0.363. The number of ether oxygens (including phenoxy) is 9. The van der Waals surface area contributed by atoms with Crippen molar-refractivity contribution in [3.05, 3.63) is 0 Å². The van der Waals surface area contributed by atoms with Crippen molar-refractivity contribution in [2.24, 2.45) is 5.73 Å². The highest BCUT2D eigenvalue weighted by Crippen LogP contribution is 2.36. The molecule has 4 amide bonds. The van der Waals surface area contributed by atoms with Crippen LogP contribution in [0, 0.1) is 0 Å². The zero-order chi connectivity index (χ0) is 50.5. The Kier molecular flexibility index (Phi) is 20.1. The number of rotatable bonds is 17. The molecule has 0 spiro atoms. The van der Waals surface area contributed by atoms with E-state index in [1.165, 1.54) is 0 Å². The molecule has 392 valence electrons. The molecule has 0 unspecified atom stereocenters. The van der Waals surface area contributed by atoms with E-state index in [1.807, 2.05) is 0 Å². The Morgan fingerprint density at radius 1 is 0.397 bits per heavy atom. The molecule has 0 aliphatic carbocycles. The molecular weight excluding hydrogens is 926 g/mol. The molecule has 5 aliphatic heterocycles. The lowest BCUT2D eigenvalue weighted by atomic mass is 9.92. The van der Waals surface area contributed by atoms with Gasteiger partial charge in [0.25, 0.3) is 0 Å². The van der Waals surface area contributed by atoms with Gasteiger partial charge in [0.1, 0.15) is 116 Å². The van der Waals surface area contributed by atoms with Gasteiger partial charge in [-0.15, -0.1) is 0 Å². The zero-order valence-electron chi connectivity index (χ0n) is 37.2. The minimum atomic E-state index is -1.95. The Labute approximate surface area is 387 Å². The largest absolute Gasteiger partial charge is 0.394 e. The number of carbonyl (C=O) groups excluding carboxylic acids is 4. The summed E-state index contributed by atoms with van der Waals surface area (Å²) in [5.74, 6) is -3.13. The van der Waals surface area contributed by atoms with Crippen LogP contribution in [-0.2, 0) is 61.8 Å². The SMILES string of the molecule is CC(=O)N[C@@H]1[C@@H](O)[C@H](O[C@@H]2O[C@H](CO)[C@@H](O)[C@H](O[C@@H]3O[C@H](CO)[C@@H](O)[C@H](O[C@@H]4O[C@H](CO)[C@@H](O)[C@H](O[C@@H]5O[C@H](CO)[C@@H](O)[C@H](O)[C@H]5N)[C@H]4NC(C)=O)[C@H]3NC(C)=O)[C@H]2NC(C)=O)[C@@H](CO)O[C@H]1O. The number of aliphatic hydroxyl groups excluding tert-OH is 12. The number of nitrogens with one attached hydrogen (secondary N) is 4. The second-order valence-electron chi connectivity index (χ2n) is 17.0. The fraction of sp³-hybridized carbons (Fsp3) is 0.895. The minimum absolute atomic E-state index is 0.702. The molecule has 0 aromatic heterocycles. The Bertz CT molecular complexity index is 1680. The highest BCUT2D eigenvalue weighted by molar-refractivity contribution is 5.74. The predicted molar refractivity (Wildman–Crippen MR) is 215 cm³/mol. The third-order valence-corrected chi connectivity index (χ3v) is 12.0. The molecular formula is C38H65N5O25. The fourth-order valence-electron chi connectivity index (χ4n) is 8.69. The summed E-state index contributed by atoms with van der Waals surface area (Å²) in [7, 11) is 0. The van der Waals surface area contributed by atoms with Crippen LogP contribution in [0.5, 0.6) is 0 Å². The summed E-state index contributed by atoms with van der Waals surface area (Å²) in [6.07, 6.45) is -35.2. The lowest BCUT2D eigenvalue weighted by Gasteiger charge is -2.51. The molecule has 5 rings (SSSR count). The maximum Gasteiger partial charge on any atom is 0.217 e. The van der Waals surface area contributed by atoms with Crippen LogP contribution in [0.3, 0.4) is 0 Å². The third kappa shape index (κ3) is 12.5. The highest BCUT2D eigenvalue weighted by atomic mass is 16.8. The van der Waals surface area contributed by atoms with Crippen LogP contribution in [0.25, 0.3) is 0 Å². The number of amides is 4. The quantitative estimate of drug-likeness (QED) is 0.0643. The zero-order valence-corrected chi connectivity index (χ0v) is 37.2. The van der Waals surface area contributed by atoms with E-state index >= 15 is 0 Å². The Morgan fingerprint density at radius 2 is 0.691 bits per heavy atom. The highest BCUT2D eigenvalue weighted by Gasteiger charge is 2.58. The van der Waals surface area contributed by atoms with Crippen molar-refractivity contribution in [3.8, 4) is 0 Å². The summed E-state index contributed by atoms with van der Waals surface area (Å²) in [6.45, 7) is -0.377. The van der Waals surface area contributed by atoms with Crippen LogP contribution >= 0.6 is 0 Å². The molecule has 18 N–H and O–H groups in total. The first kappa shape index (κ1) is 55.9. The fourth-order valence-corrected chi connectivity index (χ4v) is 8.69. The average molecular weight is 992 g/mol. The molecule has 0 aromatic carbocycles. The van der Waals surface area contributed by atoms with Crippen molar-refractivity contribution in [1.82, 2.24) is 21.3 Å². The number of nitrogens with two attached hydrogens (primary N) is 1. The summed E-state index contributed by atoms with van der Waals surface area (Å²) in [5.41, 5.74) is 6.09. The van der Waals surface area contributed by atoms with Crippen LogP contribution in [0.1, 0.15) is 27.7 Å². The van der Waals surface area contributed by atoms with Crippen molar-refractivity contribution in [2.45, 2.75) is 181 Å². The van der Waals surface area contributed by atoms with E-state index in [4.69, 9.17) is 48.4 Å². The van der Waals surface area contributed by atoms with E-state index in [9.17, 15) is 80.5 Å². The summed E-state index contributed by atoms with van der Waals surface area (Å²) in [5, 5.41) is 138. The van der Waals surface area contributed by atoms with E-state index in [1.54, 1.807) is 0 Å². The normalized spacial score (nSPS) is 45.5. The van der Waals surface area contributed by atoms with Gasteiger partial charge in [-0.05, 0) is 0 Å². The summed E-state index contributed by atoms with van der Waals surface area (Å²) < 4.78 is 53.2. The Balaban J connectivity index is 1.51. The molecule has 0 radical (unpaired) electrons. The molecule has 25 atom stereocenters. The second-order valence-corrected chi connectivity index (χ2v) is 17.0. The molecule has 0 saturated carbocycles. The number of carbonyl (C=O) groups is 4. The van der Waals surface area contributed by atoms with Gasteiger partial charge in [0.2, 0.25) is 23.6 Å². The van der Waals surface area contributed by atoms with Gasteiger partial charge in [-0.25, -0.2) is 0 Å². The van der Waals surface area contributed by atoms with Crippen LogP contribution in [0.15, 0.2) is 0 Å². The van der Waals surface area contributed by atoms with Crippen molar-refractivity contribution in [3.63, 3.8) is 0 Å². The molecule has 5 saturated heterocycles. The average Bonchev–Trinajstić information content (AvgIpc) is 3.28. The van der Waals surface area contributed by atoms with Crippen molar-refractivity contribution < 1.29 is 123 Å². The second kappa shape index (κ2) is 24.4. The molecule has 30 nitrogen and oxygen atoms in total. The Hall–Kier alpha value is -3.00. The van der Waals surface area contributed by atoms with E-state index in [0.29, 0.717) is 0 Å². The molecule has 0 aromatic rings. The van der Waals surface area contributed by atoms with Crippen molar-refractivity contribution in [2.75, 3.05) is 33.0 Å². The van der Waals surface area contributed by atoms with Crippen LogP contribution < -0.4 is 27.0 Å². The minimum Gasteiger partial charge on any atom is -0.394 e. The van der Waals surface area contributed by atoms with Gasteiger partial charge in [0, 0.05) is 27.7 Å². The molecule has 30 heteroatoms. The summed E-state index contributed by atoms with van der Waals surface area (Å²) >= 11 is 0. The molecule has 5 aliphatic rings. The van der Waals surface area contributed by atoms with E-state index in [2.05, 4.69) is 21.3 Å². The van der Waals surface area contributed by atoms with Crippen LogP contribution in [0.4, 0.5) is 0 Å². The molecule has 5 heterocycles. The van der Waals surface area contributed by atoms with Crippen molar-refractivity contribution >= 4 is 23.6 Å². The topological polar surface area (TPSA) is 468 Å². The third-order valence-electron chi connectivity index (χ3n) is 12.0. The first-order valence-corrected chi connectivity index (χ1v) is 21.6. The molecule has 0 bridgehead atoms. The number of hydrogen-bond donors (Lipinski definition) is 17. The maximum atomic E-state index is 12.9. The first-order valence-electron chi connectivity index (χ1n) is 21.6. The summed E-state index contributed by atoms with van der Waals surface area (Å²) in [4.78, 5) is 50.3. The number of hydrogen-bond acceptors (Lipinski definition) is 26. The smallest absolute Gasteiger partial charge is 0.217 e. The number of aliphatic hydroxyl groups is 12. The summed E-state index contributed by atoms with van der Waals surface area (Å²) in [6, 6.07) is -8.14.